The summed E-state index contributed by atoms with van der Waals surface area (Å²) in [4.78, 5) is 35.5. The van der Waals surface area contributed by atoms with Crippen LogP contribution in [0.25, 0.3) is 0 Å². The van der Waals surface area contributed by atoms with E-state index in [9.17, 15) is 14.4 Å². The number of amides is 4. The molecule has 0 bridgehead atoms. The van der Waals surface area contributed by atoms with Crippen molar-refractivity contribution in [1.82, 2.24) is 16.2 Å². The van der Waals surface area contributed by atoms with Gasteiger partial charge in [0.25, 0.3) is 11.8 Å². The predicted molar refractivity (Wildman–Crippen MR) is 103 cm³/mol. The maximum absolute atomic E-state index is 12.2. The summed E-state index contributed by atoms with van der Waals surface area (Å²) in [7, 11) is 0. The number of hydrogen-bond donors (Lipinski definition) is 4. The Bertz CT molecular complexity index is 631. The van der Waals surface area contributed by atoms with E-state index in [0.29, 0.717) is 30.3 Å². The normalized spacial score (nSPS) is 12.8. The van der Waals surface area contributed by atoms with Crippen LogP contribution in [0.4, 0.5) is 4.79 Å². The fourth-order valence-electron chi connectivity index (χ4n) is 2.24. The third-order valence-corrected chi connectivity index (χ3v) is 4.17. The molecule has 4 amide bonds. The van der Waals surface area contributed by atoms with E-state index in [-0.39, 0.29) is 5.92 Å². The molecule has 2 unspecified atom stereocenters. The minimum atomic E-state index is -0.829. The van der Waals surface area contributed by atoms with E-state index in [1.165, 1.54) is 0 Å². The summed E-state index contributed by atoms with van der Waals surface area (Å²) in [6.45, 7) is 8.55. The van der Waals surface area contributed by atoms with E-state index >= 15 is 0 Å². The van der Waals surface area contributed by atoms with E-state index < -0.39 is 23.9 Å². The Morgan fingerprint density at radius 1 is 1.07 bits per heavy atom. The summed E-state index contributed by atoms with van der Waals surface area (Å²) in [6.07, 6.45) is 1.61. The van der Waals surface area contributed by atoms with Gasteiger partial charge in [0.05, 0.1) is 6.61 Å². The monoisotopic (exact) mass is 378 g/mol. The van der Waals surface area contributed by atoms with Crippen LogP contribution in [0.3, 0.4) is 0 Å². The molecule has 0 spiro atoms. The lowest BCUT2D eigenvalue weighted by Crippen LogP contribution is -2.55. The van der Waals surface area contributed by atoms with Gasteiger partial charge >= 0.3 is 6.03 Å². The smallest absolute Gasteiger partial charge is 0.312 e. The topological polar surface area (TPSA) is 123 Å². The van der Waals surface area contributed by atoms with Gasteiger partial charge in [0, 0.05) is 5.56 Å². The fourth-order valence-corrected chi connectivity index (χ4v) is 2.24. The van der Waals surface area contributed by atoms with E-state index in [0.717, 1.165) is 6.42 Å². The van der Waals surface area contributed by atoms with Crippen LogP contribution in [-0.4, -0.2) is 30.5 Å². The van der Waals surface area contributed by atoms with Crippen LogP contribution < -0.4 is 26.6 Å². The zero-order chi connectivity index (χ0) is 20.4. The number of benzene rings is 1. The van der Waals surface area contributed by atoms with Crippen LogP contribution in [0.15, 0.2) is 24.3 Å². The van der Waals surface area contributed by atoms with E-state index in [2.05, 4.69) is 30.0 Å². The Labute approximate surface area is 160 Å². The lowest BCUT2D eigenvalue weighted by Gasteiger charge is -2.22. The van der Waals surface area contributed by atoms with Crippen molar-refractivity contribution in [3.05, 3.63) is 29.8 Å². The number of nitrogens with two attached hydrogens (primary N) is 1. The van der Waals surface area contributed by atoms with E-state index in [1.54, 1.807) is 31.2 Å². The SMILES string of the molecule is CCC(C)C(NC(N)=O)C(=O)NNC(=O)c1ccc(OCCC(C)C)cc1. The van der Waals surface area contributed by atoms with Gasteiger partial charge in [0.2, 0.25) is 0 Å². The summed E-state index contributed by atoms with van der Waals surface area (Å²) in [6, 6.07) is 5.00. The lowest BCUT2D eigenvalue weighted by atomic mass is 9.99. The largest absolute Gasteiger partial charge is 0.494 e. The summed E-state index contributed by atoms with van der Waals surface area (Å²) in [5, 5.41) is 2.39. The number of hydrazine groups is 1. The van der Waals surface area contributed by atoms with Gasteiger partial charge < -0.3 is 15.8 Å². The molecule has 0 fully saturated rings. The minimum Gasteiger partial charge on any atom is -0.494 e. The second-order valence-electron chi connectivity index (χ2n) is 6.87. The average molecular weight is 378 g/mol. The lowest BCUT2D eigenvalue weighted by molar-refractivity contribution is -0.124. The third kappa shape index (κ3) is 7.98. The highest BCUT2D eigenvalue weighted by Gasteiger charge is 2.25. The molecule has 8 heteroatoms. The molecule has 8 nitrogen and oxygen atoms in total. The molecular formula is C19H30N4O4. The molecule has 0 aliphatic heterocycles. The van der Waals surface area contributed by atoms with Crippen LogP contribution in [0, 0.1) is 11.8 Å². The van der Waals surface area contributed by atoms with Crippen molar-refractivity contribution in [2.75, 3.05) is 6.61 Å². The van der Waals surface area contributed by atoms with Gasteiger partial charge in [-0.05, 0) is 42.5 Å². The first-order valence-corrected chi connectivity index (χ1v) is 9.13. The van der Waals surface area contributed by atoms with Gasteiger partial charge in [-0.1, -0.05) is 34.1 Å². The van der Waals surface area contributed by atoms with Gasteiger partial charge in [-0.25, -0.2) is 4.79 Å². The highest BCUT2D eigenvalue weighted by molar-refractivity contribution is 5.96. The second-order valence-corrected chi connectivity index (χ2v) is 6.87. The number of rotatable bonds is 9. The van der Waals surface area contributed by atoms with Gasteiger partial charge in [0.15, 0.2) is 0 Å². The van der Waals surface area contributed by atoms with Crippen LogP contribution in [0.1, 0.15) is 50.9 Å². The number of primary amides is 1. The predicted octanol–water partition coefficient (Wildman–Crippen LogP) is 1.96. The molecule has 0 aliphatic rings. The highest BCUT2D eigenvalue weighted by Crippen LogP contribution is 2.13. The molecule has 0 aromatic heterocycles. The molecule has 0 radical (unpaired) electrons. The highest BCUT2D eigenvalue weighted by atomic mass is 16.5. The Balaban J connectivity index is 2.57. The van der Waals surface area contributed by atoms with Crippen molar-refractivity contribution in [3.8, 4) is 5.75 Å². The van der Waals surface area contributed by atoms with Gasteiger partial charge in [-0.15, -0.1) is 0 Å². The first kappa shape index (κ1) is 22.3. The first-order valence-electron chi connectivity index (χ1n) is 9.13. The van der Waals surface area contributed by atoms with E-state index in [4.69, 9.17) is 10.5 Å². The summed E-state index contributed by atoms with van der Waals surface area (Å²) in [5.41, 5.74) is 10.1. The number of urea groups is 1. The second kappa shape index (κ2) is 11.1. The summed E-state index contributed by atoms with van der Waals surface area (Å²) >= 11 is 0. The molecular weight excluding hydrogens is 348 g/mol. The number of hydrogen-bond acceptors (Lipinski definition) is 4. The molecule has 1 aromatic carbocycles. The molecule has 0 saturated heterocycles. The molecule has 1 rings (SSSR count). The van der Waals surface area contributed by atoms with E-state index in [1.807, 2.05) is 6.92 Å². The molecule has 5 N–H and O–H groups in total. The first-order chi connectivity index (χ1) is 12.7. The molecule has 0 heterocycles. The van der Waals surface area contributed by atoms with Crippen LogP contribution >= 0.6 is 0 Å². The van der Waals surface area contributed by atoms with Crippen molar-refractivity contribution in [2.45, 2.75) is 46.6 Å². The van der Waals surface area contributed by atoms with Crippen molar-refractivity contribution in [2.24, 2.45) is 17.6 Å². The third-order valence-electron chi connectivity index (χ3n) is 4.17. The number of carbonyl (C=O) groups excluding carboxylic acids is 3. The Morgan fingerprint density at radius 3 is 2.22 bits per heavy atom. The quantitative estimate of drug-likeness (QED) is 0.491. The van der Waals surface area contributed by atoms with Crippen molar-refractivity contribution >= 4 is 17.8 Å². The summed E-state index contributed by atoms with van der Waals surface area (Å²) in [5.74, 6) is 0.0848. The van der Waals surface area contributed by atoms with Crippen LogP contribution in [-0.2, 0) is 4.79 Å². The molecule has 2 atom stereocenters. The summed E-state index contributed by atoms with van der Waals surface area (Å²) < 4.78 is 5.60. The fraction of sp³-hybridized carbons (Fsp3) is 0.526. The number of nitrogens with one attached hydrogen (secondary N) is 3. The molecule has 0 saturated carbocycles. The van der Waals surface area contributed by atoms with Crippen LogP contribution in [0.5, 0.6) is 5.75 Å². The van der Waals surface area contributed by atoms with Crippen molar-refractivity contribution < 1.29 is 19.1 Å². The zero-order valence-corrected chi connectivity index (χ0v) is 16.4. The Morgan fingerprint density at radius 2 is 1.70 bits per heavy atom. The number of ether oxygens (including phenoxy) is 1. The molecule has 27 heavy (non-hydrogen) atoms. The van der Waals surface area contributed by atoms with Crippen molar-refractivity contribution in [1.29, 1.82) is 0 Å². The Kier molecular flexibility index (Phi) is 9.12. The standard InChI is InChI=1S/C19H30N4O4/c1-5-13(4)16(21-19(20)26)18(25)23-22-17(24)14-6-8-15(9-7-14)27-11-10-12(2)3/h6-9,12-13,16H,5,10-11H2,1-4H3,(H,22,24)(H,23,25)(H3,20,21,26). The zero-order valence-electron chi connectivity index (χ0n) is 16.4. The van der Waals surface area contributed by atoms with Crippen LogP contribution in [0.2, 0.25) is 0 Å². The Hall–Kier alpha value is -2.77. The maximum atomic E-state index is 12.2. The molecule has 0 aliphatic carbocycles. The van der Waals surface area contributed by atoms with Gasteiger partial charge in [-0.2, -0.15) is 0 Å². The molecule has 150 valence electrons. The van der Waals surface area contributed by atoms with Gasteiger partial charge in [0.1, 0.15) is 11.8 Å². The minimum absolute atomic E-state index is 0.142. The maximum Gasteiger partial charge on any atom is 0.312 e. The number of carbonyl (C=O) groups is 3. The van der Waals surface area contributed by atoms with Crippen molar-refractivity contribution in [3.63, 3.8) is 0 Å². The average Bonchev–Trinajstić information content (AvgIpc) is 2.63. The van der Waals surface area contributed by atoms with Gasteiger partial charge in [-0.3, -0.25) is 20.4 Å². The molecule has 1 aromatic rings.